The third kappa shape index (κ3) is 2.35. The predicted octanol–water partition coefficient (Wildman–Crippen LogP) is 2.24. The summed E-state index contributed by atoms with van der Waals surface area (Å²) in [7, 11) is 0. The number of carbonyl (C=O) groups is 2. The normalized spacial score (nSPS) is 15.0. The summed E-state index contributed by atoms with van der Waals surface area (Å²) in [4.78, 5) is 22.7. The number of rotatable bonds is 3. The minimum Gasteiger partial charge on any atom is -0.289 e. The molecule has 2 rings (SSSR count). The average molecular weight is 243 g/mol. The average Bonchev–Trinajstić information content (AvgIpc) is 2.60. The monoisotopic (exact) mass is 243 g/mol. The van der Waals surface area contributed by atoms with E-state index in [9.17, 15) is 9.59 Å². The van der Waals surface area contributed by atoms with Gasteiger partial charge in [0.15, 0.2) is 0 Å². The first-order chi connectivity index (χ1) is 8.49. The van der Waals surface area contributed by atoms with Crippen LogP contribution in [0.3, 0.4) is 0 Å². The second-order valence-corrected chi connectivity index (χ2v) is 4.96. The fourth-order valence-electron chi connectivity index (χ4n) is 2.28. The highest BCUT2D eigenvalue weighted by atomic mass is 16.2. The highest BCUT2D eigenvalue weighted by Crippen LogP contribution is 2.25. The topological polar surface area (TPSA) is 46.2 Å². The molecule has 1 N–H and O–H groups in total. The second-order valence-electron chi connectivity index (χ2n) is 4.96. The Labute approximate surface area is 107 Å². The van der Waals surface area contributed by atoms with Crippen molar-refractivity contribution in [2.24, 2.45) is 0 Å². The Morgan fingerprint density at radius 2 is 1.94 bits per heavy atom. The molecule has 0 saturated carbocycles. The molecule has 0 unspecified atom stereocenters. The first-order valence-corrected chi connectivity index (χ1v) is 6.13. The van der Waals surface area contributed by atoms with Crippen LogP contribution in [0.2, 0.25) is 0 Å². The van der Waals surface area contributed by atoms with E-state index in [4.69, 9.17) is 0 Å². The molecule has 0 aromatic heterocycles. The van der Waals surface area contributed by atoms with Gasteiger partial charge in [-0.25, -0.2) is 0 Å². The lowest BCUT2D eigenvalue weighted by atomic mass is 9.90. The second kappa shape index (κ2) is 4.77. The number of amides is 2. The number of imide groups is 1. The molecule has 0 fully saturated rings. The Kier molecular flexibility index (Phi) is 3.32. The quantitative estimate of drug-likeness (QED) is 0.828. The SMILES string of the molecule is Cc1cccc(C(C)C)c1CC1=CC(=O)NC1=O. The Morgan fingerprint density at radius 3 is 2.50 bits per heavy atom. The lowest BCUT2D eigenvalue weighted by Gasteiger charge is -2.15. The Bertz CT molecular complexity index is 541. The van der Waals surface area contributed by atoms with Crippen molar-refractivity contribution in [3.8, 4) is 0 Å². The van der Waals surface area contributed by atoms with Gasteiger partial charge < -0.3 is 0 Å². The van der Waals surface area contributed by atoms with Gasteiger partial charge in [0, 0.05) is 18.1 Å². The maximum absolute atomic E-state index is 11.6. The van der Waals surface area contributed by atoms with E-state index >= 15 is 0 Å². The van der Waals surface area contributed by atoms with Crippen molar-refractivity contribution in [2.75, 3.05) is 0 Å². The van der Waals surface area contributed by atoms with Gasteiger partial charge in [0.2, 0.25) is 0 Å². The van der Waals surface area contributed by atoms with Crippen molar-refractivity contribution in [2.45, 2.75) is 33.1 Å². The van der Waals surface area contributed by atoms with Crippen LogP contribution in [0.1, 0.15) is 36.5 Å². The summed E-state index contributed by atoms with van der Waals surface area (Å²) in [5, 5.41) is 2.28. The molecule has 1 heterocycles. The lowest BCUT2D eigenvalue weighted by Crippen LogP contribution is -2.22. The van der Waals surface area contributed by atoms with Crippen molar-refractivity contribution in [3.05, 3.63) is 46.5 Å². The zero-order chi connectivity index (χ0) is 13.3. The Balaban J connectivity index is 2.37. The molecule has 18 heavy (non-hydrogen) atoms. The molecule has 2 amide bonds. The standard InChI is InChI=1S/C15H17NO2/c1-9(2)12-6-4-5-10(3)13(12)7-11-8-14(17)16-15(11)18/h4-6,8-9H,7H2,1-3H3,(H,16,17,18). The number of hydrogen-bond acceptors (Lipinski definition) is 2. The molecule has 0 aliphatic carbocycles. The number of hydrogen-bond donors (Lipinski definition) is 1. The summed E-state index contributed by atoms with van der Waals surface area (Å²) in [6, 6.07) is 6.15. The van der Waals surface area contributed by atoms with Crippen molar-refractivity contribution < 1.29 is 9.59 Å². The van der Waals surface area contributed by atoms with Crippen LogP contribution >= 0.6 is 0 Å². The first kappa shape index (κ1) is 12.6. The maximum atomic E-state index is 11.6. The molecule has 0 radical (unpaired) electrons. The highest BCUT2D eigenvalue weighted by Gasteiger charge is 2.22. The summed E-state index contributed by atoms with van der Waals surface area (Å²) in [5.74, 6) is -0.173. The molecule has 3 nitrogen and oxygen atoms in total. The van der Waals surface area contributed by atoms with E-state index in [2.05, 4.69) is 25.2 Å². The molecule has 0 saturated heterocycles. The van der Waals surface area contributed by atoms with Crippen molar-refractivity contribution in [1.29, 1.82) is 0 Å². The fourth-order valence-corrected chi connectivity index (χ4v) is 2.28. The van der Waals surface area contributed by atoms with Gasteiger partial charge in [0.1, 0.15) is 0 Å². The summed E-state index contributed by atoms with van der Waals surface area (Å²) >= 11 is 0. The highest BCUT2D eigenvalue weighted by molar-refractivity contribution is 6.16. The summed E-state index contributed by atoms with van der Waals surface area (Å²) in [6.45, 7) is 6.30. The lowest BCUT2D eigenvalue weighted by molar-refractivity contribution is -0.123. The first-order valence-electron chi connectivity index (χ1n) is 6.13. The Hall–Kier alpha value is -1.90. The number of carbonyl (C=O) groups excluding carboxylic acids is 2. The molecular formula is C15H17NO2. The van der Waals surface area contributed by atoms with Crippen molar-refractivity contribution >= 4 is 11.8 Å². The minimum atomic E-state index is -0.310. The largest absolute Gasteiger partial charge is 0.289 e. The Morgan fingerprint density at radius 1 is 1.22 bits per heavy atom. The number of nitrogens with one attached hydrogen (secondary N) is 1. The fraction of sp³-hybridized carbons (Fsp3) is 0.333. The van der Waals surface area contributed by atoms with Gasteiger partial charge in [-0.15, -0.1) is 0 Å². The third-order valence-electron chi connectivity index (χ3n) is 3.27. The molecule has 0 spiro atoms. The van der Waals surface area contributed by atoms with Gasteiger partial charge in [0.25, 0.3) is 11.8 Å². The van der Waals surface area contributed by atoms with Crippen LogP contribution in [0.15, 0.2) is 29.8 Å². The zero-order valence-electron chi connectivity index (χ0n) is 10.9. The van der Waals surface area contributed by atoms with Gasteiger partial charge in [-0.05, 0) is 29.5 Å². The molecule has 94 valence electrons. The van der Waals surface area contributed by atoms with Crippen molar-refractivity contribution in [1.82, 2.24) is 5.32 Å². The van der Waals surface area contributed by atoms with Crippen LogP contribution in [0, 0.1) is 6.92 Å². The van der Waals surface area contributed by atoms with Crippen LogP contribution in [0.4, 0.5) is 0 Å². The van der Waals surface area contributed by atoms with Gasteiger partial charge in [0.05, 0.1) is 0 Å². The van der Waals surface area contributed by atoms with Crippen molar-refractivity contribution in [3.63, 3.8) is 0 Å². The van der Waals surface area contributed by atoms with E-state index in [1.54, 1.807) is 0 Å². The van der Waals surface area contributed by atoms with E-state index < -0.39 is 0 Å². The minimum absolute atomic E-state index is 0.266. The number of benzene rings is 1. The number of aryl methyl sites for hydroxylation is 1. The van der Waals surface area contributed by atoms with Crippen LogP contribution in [0.5, 0.6) is 0 Å². The molecule has 0 atom stereocenters. The van der Waals surface area contributed by atoms with Gasteiger partial charge in [-0.1, -0.05) is 32.0 Å². The predicted molar refractivity (Wildman–Crippen MR) is 70.2 cm³/mol. The molecular weight excluding hydrogens is 226 g/mol. The van der Waals surface area contributed by atoms with Crippen LogP contribution in [-0.4, -0.2) is 11.8 Å². The van der Waals surface area contributed by atoms with E-state index in [0.717, 1.165) is 11.1 Å². The van der Waals surface area contributed by atoms with Crippen LogP contribution in [0.25, 0.3) is 0 Å². The maximum Gasteiger partial charge on any atom is 0.254 e. The van der Waals surface area contributed by atoms with Gasteiger partial charge in [-0.2, -0.15) is 0 Å². The van der Waals surface area contributed by atoms with Crippen LogP contribution in [-0.2, 0) is 16.0 Å². The molecule has 1 aliphatic rings. The molecule has 3 heteroatoms. The van der Waals surface area contributed by atoms with E-state index in [1.165, 1.54) is 11.6 Å². The van der Waals surface area contributed by atoms with Gasteiger partial charge >= 0.3 is 0 Å². The van der Waals surface area contributed by atoms with E-state index in [0.29, 0.717) is 17.9 Å². The van der Waals surface area contributed by atoms with E-state index in [1.807, 2.05) is 19.1 Å². The molecule has 1 aliphatic heterocycles. The summed E-state index contributed by atoms with van der Waals surface area (Å²) in [6.07, 6.45) is 1.93. The smallest absolute Gasteiger partial charge is 0.254 e. The van der Waals surface area contributed by atoms with Gasteiger partial charge in [-0.3, -0.25) is 14.9 Å². The summed E-state index contributed by atoms with van der Waals surface area (Å²) in [5.41, 5.74) is 4.11. The molecule has 0 bridgehead atoms. The van der Waals surface area contributed by atoms with Crippen LogP contribution < -0.4 is 5.32 Å². The molecule has 1 aromatic rings. The van der Waals surface area contributed by atoms with E-state index in [-0.39, 0.29) is 11.8 Å². The molecule has 1 aromatic carbocycles. The zero-order valence-corrected chi connectivity index (χ0v) is 10.9. The summed E-state index contributed by atoms with van der Waals surface area (Å²) < 4.78 is 0. The third-order valence-corrected chi connectivity index (χ3v) is 3.27.